The Morgan fingerprint density at radius 3 is 2.50 bits per heavy atom. The Balaban J connectivity index is 1.68. The van der Waals surface area contributed by atoms with Gasteiger partial charge in [-0.3, -0.25) is 0 Å². The Bertz CT molecular complexity index is 486. The largest absolute Gasteiger partial charge is 0.497 e. The molecule has 3 nitrogen and oxygen atoms in total. The summed E-state index contributed by atoms with van der Waals surface area (Å²) in [7, 11) is 1.69. The summed E-state index contributed by atoms with van der Waals surface area (Å²) >= 11 is 0. The Kier molecular flexibility index (Phi) is 3.68. The highest BCUT2D eigenvalue weighted by molar-refractivity contribution is 5.91. The summed E-state index contributed by atoms with van der Waals surface area (Å²) in [5, 5.41) is 4.42. The molecule has 0 aromatic heterocycles. The molecular formula is C17H23NO2. The van der Waals surface area contributed by atoms with Crippen molar-refractivity contribution in [2.45, 2.75) is 51.6 Å². The van der Waals surface area contributed by atoms with Crippen LogP contribution in [0.3, 0.4) is 0 Å². The molecule has 20 heavy (non-hydrogen) atoms. The van der Waals surface area contributed by atoms with Crippen molar-refractivity contribution >= 4 is 5.71 Å². The van der Waals surface area contributed by atoms with E-state index in [1.807, 2.05) is 12.1 Å². The standard InChI is InChI=1S/C17H23NO2/c1-17(10-4-3-5-11-17)16-12-15(20-18-16)13-6-8-14(19-2)9-7-13/h6-9,15H,3-5,10-12H2,1-2H3. The number of rotatable bonds is 3. The third-order valence-corrected chi connectivity index (χ3v) is 4.81. The first-order valence-corrected chi connectivity index (χ1v) is 7.58. The molecule has 3 heteroatoms. The number of hydrogen-bond acceptors (Lipinski definition) is 3. The van der Waals surface area contributed by atoms with Crippen LogP contribution in [0, 0.1) is 5.41 Å². The molecule has 0 radical (unpaired) electrons. The van der Waals surface area contributed by atoms with Gasteiger partial charge in [0, 0.05) is 11.8 Å². The van der Waals surface area contributed by atoms with Crippen LogP contribution in [0.5, 0.6) is 5.75 Å². The Labute approximate surface area is 121 Å². The summed E-state index contributed by atoms with van der Waals surface area (Å²) in [5.41, 5.74) is 2.71. The van der Waals surface area contributed by atoms with Gasteiger partial charge in [0.05, 0.1) is 12.8 Å². The lowest BCUT2D eigenvalue weighted by Crippen LogP contribution is -2.29. The van der Waals surface area contributed by atoms with Crippen LogP contribution >= 0.6 is 0 Å². The molecule has 1 aliphatic carbocycles. The molecule has 0 bridgehead atoms. The van der Waals surface area contributed by atoms with Crippen molar-refractivity contribution < 1.29 is 9.57 Å². The van der Waals surface area contributed by atoms with Gasteiger partial charge in [-0.25, -0.2) is 0 Å². The Morgan fingerprint density at radius 1 is 1.15 bits per heavy atom. The minimum Gasteiger partial charge on any atom is -0.497 e. The van der Waals surface area contributed by atoms with Crippen molar-refractivity contribution in [2.24, 2.45) is 10.6 Å². The molecule has 3 rings (SSSR count). The predicted molar refractivity (Wildman–Crippen MR) is 80.1 cm³/mol. The summed E-state index contributed by atoms with van der Waals surface area (Å²) in [5.74, 6) is 0.882. The van der Waals surface area contributed by atoms with Crippen LogP contribution in [0.2, 0.25) is 0 Å². The average Bonchev–Trinajstić information content (AvgIpc) is 2.99. The normalized spacial score (nSPS) is 24.9. The van der Waals surface area contributed by atoms with Crippen LogP contribution in [0.1, 0.15) is 57.1 Å². The lowest BCUT2D eigenvalue weighted by molar-refractivity contribution is 0.0855. The summed E-state index contributed by atoms with van der Waals surface area (Å²) in [6, 6.07) is 8.12. The molecule has 0 N–H and O–H groups in total. The molecule has 2 aliphatic rings. The maximum atomic E-state index is 5.69. The van der Waals surface area contributed by atoms with Crippen LogP contribution < -0.4 is 4.74 Å². The lowest BCUT2D eigenvalue weighted by Gasteiger charge is -2.32. The molecule has 108 valence electrons. The van der Waals surface area contributed by atoms with Gasteiger partial charge in [0.1, 0.15) is 5.75 Å². The third kappa shape index (κ3) is 2.54. The van der Waals surface area contributed by atoms with E-state index in [0.29, 0.717) is 0 Å². The van der Waals surface area contributed by atoms with Gasteiger partial charge in [0.15, 0.2) is 6.10 Å². The smallest absolute Gasteiger partial charge is 0.157 e. The minimum absolute atomic E-state index is 0.0784. The van der Waals surface area contributed by atoms with Gasteiger partial charge in [0.2, 0.25) is 0 Å². The molecule has 0 spiro atoms. The van der Waals surface area contributed by atoms with Gasteiger partial charge in [-0.1, -0.05) is 43.5 Å². The number of ether oxygens (including phenoxy) is 1. The summed E-state index contributed by atoms with van der Waals surface area (Å²) < 4.78 is 5.19. The molecule has 1 saturated carbocycles. The van der Waals surface area contributed by atoms with Crippen LogP contribution in [0.4, 0.5) is 0 Å². The molecule has 1 atom stereocenters. The molecule has 1 fully saturated rings. The van der Waals surface area contributed by atoms with Gasteiger partial charge < -0.3 is 9.57 Å². The SMILES string of the molecule is COc1ccc(C2CC(C3(C)CCCCC3)=NO2)cc1. The van der Waals surface area contributed by atoms with E-state index < -0.39 is 0 Å². The second-order valence-electron chi connectivity index (χ2n) is 6.23. The fraction of sp³-hybridized carbons (Fsp3) is 0.588. The molecule has 1 heterocycles. The van der Waals surface area contributed by atoms with Crippen LogP contribution in [0.15, 0.2) is 29.4 Å². The molecule has 0 saturated heterocycles. The minimum atomic E-state index is 0.0784. The van der Waals surface area contributed by atoms with Crippen molar-refractivity contribution in [2.75, 3.05) is 7.11 Å². The zero-order valence-electron chi connectivity index (χ0n) is 12.4. The molecule has 1 aromatic rings. The molecule has 1 unspecified atom stereocenters. The summed E-state index contributed by atoms with van der Waals surface area (Å²) in [4.78, 5) is 5.69. The zero-order chi connectivity index (χ0) is 14.0. The highest BCUT2D eigenvalue weighted by Crippen LogP contribution is 2.42. The first kappa shape index (κ1) is 13.5. The predicted octanol–water partition coefficient (Wildman–Crippen LogP) is 4.48. The van der Waals surface area contributed by atoms with E-state index in [0.717, 1.165) is 12.2 Å². The van der Waals surface area contributed by atoms with Crippen molar-refractivity contribution in [1.82, 2.24) is 0 Å². The van der Waals surface area contributed by atoms with Crippen LogP contribution in [0.25, 0.3) is 0 Å². The Hall–Kier alpha value is -1.51. The van der Waals surface area contributed by atoms with E-state index >= 15 is 0 Å². The van der Waals surface area contributed by atoms with E-state index in [1.54, 1.807) is 7.11 Å². The van der Waals surface area contributed by atoms with E-state index in [4.69, 9.17) is 9.57 Å². The maximum Gasteiger partial charge on any atom is 0.157 e. The van der Waals surface area contributed by atoms with E-state index in [2.05, 4.69) is 24.2 Å². The lowest BCUT2D eigenvalue weighted by atomic mass is 9.71. The molecule has 0 amide bonds. The van der Waals surface area contributed by atoms with Gasteiger partial charge >= 0.3 is 0 Å². The van der Waals surface area contributed by atoms with Crippen molar-refractivity contribution in [1.29, 1.82) is 0 Å². The summed E-state index contributed by atoms with van der Waals surface area (Å²) in [6.07, 6.45) is 7.53. The monoisotopic (exact) mass is 273 g/mol. The van der Waals surface area contributed by atoms with E-state index in [-0.39, 0.29) is 11.5 Å². The van der Waals surface area contributed by atoms with Crippen molar-refractivity contribution in [3.8, 4) is 5.75 Å². The van der Waals surface area contributed by atoms with Gasteiger partial charge in [0.25, 0.3) is 0 Å². The van der Waals surface area contributed by atoms with Gasteiger partial charge in [-0.2, -0.15) is 0 Å². The zero-order valence-corrected chi connectivity index (χ0v) is 12.4. The fourth-order valence-electron chi connectivity index (χ4n) is 3.35. The average molecular weight is 273 g/mol. The van der Waals surface area contributed by atoms with Crippen LogP contribution in [-0.2, 0) is 4.84 Å². The van der Waals surface area contributed by atoms with E-state index in [1.165, 1.54) is 43.4 Å². The number of nitrogens with zero attached hydrogens (tertiary/aromatic N) is 1. The van der Waals surface area contributed by atoms with Crippen molar-refractivity contribution in [3.63, 3.8) is 0 Å². The van der Waals surface area contributed by atoms with E-state index in [9.17, 15) is 0 Å². The number of oxime groups is 1. The first-order valence-electron chi connectivity index (χ1n) is 7.58. The molecular weight excluding hydrogens is 250 g/mol. The van der Waals surface area contributed by atoms with Crippen LogP contribution in [-0.4, -0.2) is 12.8 Å². The molecule has 1 aromatic carbocycles. The second-order valence-corrected chi connectivity index (χ2v) is 6.23. The van der Waals surface area contributed by atoms with Gasteiger partial charge in [-0.15, -0.1) is 0 Å². The fourth-order valence-corrected chi connectivity index (χ4v) is 3.35. The number of hydrogen-bond donors (Lipinski definition) is 0. The highest BCUT2D eigenvalue weighted by atomic mass is 16.6. The van der Waals surface area contributed by atoms with Crippen molar-refractivity contribution in [3.05, 3.63) is 29.8 Å². The Morgan fingerprint density at radius 2 is 1.85 bits per heavy atom. The molecule has 1 aliphatic heterocycles. The first-order chi connectivity index (χ1) is 9.71. The topological polar surface area (TPSA) is 30.8 Å². The summed E-state index contributed by atoms with van der Waals surface area (Å²) in [6.45, 7) is 2.35. The third-order valence-electron chi connectivity index (χ3n) is 4.81. The quantitative estimate of drug-likeness (QED) is 0.812. The highest BCUT2D eigenvalue weighted by Gasteiger charge is 2.37. The second kappa shape index (κ2) is 5.47. The number of methoxy groups -OCH3 is 1. The number of benzene rings is 1. The van der Waals surface area contributed by atoms with Gasteiger partial charge in [-0.05, 0) is 30.5 Å². The maximum absolute atomic E-state index is 5.69.